The van der Waals surface area contributed by atoms with Gasteiger partial charge in [0.25, 0.3) is 0 Å². The van der Waals surface area contributed by atoms with Crippen molar-refractivity contribution in [3.8, 4) is 0 Å². The van der Waals surface area contributed by atoms with Crippen molar-refractivity contribution in [2.24, 2.45) is 0 Å². The van der Waals surface area contributed by atoms with Gasteiger partial charge in [-0.2, -0.15) is 0 Å². The molecule has 1 aromatic heterocycles. The lowest BCUT2D eigenvalue weighted by atomic mass is 9.91. The molecule has 1 heterocycles. The topological polar surface area (TPSA) is 24.9 Å². The maximum atomic E-state index is 4.71. The molecule has 0 aliphatic carbocycles. The Hall–Kier alpha value is -0.890. The monoisotopic (exact) mass is 206 g/mol. The first-order valence-corrected chi connectivity index (χ1v) is 5.45. The third-order valence-corrected chi connectivity index (χ3v) is 3.52. The van der Waals surface area contributed by atoms with Crippen LogP contribution in [-0.2, 0) is 5.54 Å². The van der Waals surface area contributed by atoms with E-state index in [1.54, 1.807) is 0 Å². The van der Waals surface area contributed by atoms with E-state index < -0.39 is 0 Å². The fourth-order valence-corrected chi connectivity index (χ4v) is 1.79. The number of pyridine rings is 1. The van der Waals surface area contributed by atoms with Crippen molar-refractivity contribution in [2.75, 3.05) is 7.05 Å². The predicted molar refractivity (Wildman–Crippen MR) is 65.3 cm³/mol. The molecule has 2 nitrogen and oxygen atoms in total. The van der Waals surface area contributed by atoms with E-state index in [4.69, 9.17) is 4.98 Å². The number of rotatable bonds is 2. The maximum absolute atomic E-state index is 4.71. The summed E-state index contributed by atoms with van der Waals surface area (Å²) in [5.74, 6) is 0. The second-order valence-electron chi connectivity index (χ2n) is 4.80. The third kappa shape index (κ3) is 2.05. The summed E-state index contributed by atoms with van der Waals surface area (Å²) >= 11 is 0. The van der Waals surface area contributed by atoms with Gasteiger partial charge in [-0.15, -0.1) is 0 Å². The fraction of sp³-hybridized carbons (Fsp3) is 0.615. The maximum Gasteiger partial charge on any atom is 0.0633 e. The van der Waals surface area contributed by atoms with E-state index in [0.29, 0.717) is 0 Å². The molecular weight excluding hydrogens is 184 g/mol. The Kier molecular flexibility index (Phi) is 3.19. The van der Waals surface area contributed by atoms with Crippen LogP contribution in [0.2, 0.25) is 0 Å². The number of aromatic nitrogens is 1. The third-order valence-electron chi connectivity index (χ3n) is 3.52. The van der Waals surface area contributed by atoms with E-state index >= 15 is 0 Å². The Labute approximate surface area is 93.1 Å². The zero-order valence-corrected chi connectivity index (χ0v) is 10.9. The highest BCUT2D eigenvalue weighted by atomic mass is 15.0. The summed E-state index contributed by atoms with van der Waals surface area (Å²) in [6.07, 6.45) is 0. The van der Waals surface area contributed by atoms with Crippen molar-refractivity contribution >= 4 is 0 Å². The highest BCUT2D eigenvalue weighted by Crippen LogP contribution is 2.26. The summed E-state index contributed by atoms with van der Waals surface area (Å²) in [7, 11) is 1.98. The van der Waals surface area contributed by atoms with Crippen LogP contribution in [0, 0.1) is 27.7 Å². The highest BCUT2D eigenvalue weighted by Gasteiger charge is 2.23. The summed E-state index contributed by atoms with van der Waals surface area (Å²) in [4.78, 5) is 4.71. The largest absolute Gasteiger partial charge is 0.310 e. The van der Waals surface area contributed by atoms with E-state index in [1.807, 2.05) is 7.05 Å². The van der Waals surface area contributed by atoms with Crippen molar-refractivity contribution < 1.29 is 0 Å². The normalized spacial score (nSPS) is 11.9. The summed E-state index contributed by atoms with van der Waals surface area (Å²) in [5.41, 5.74) is 6.20. The van der Waals surface area contributed by atoms with Gasteiger partial charge in [0.05, 0.1) is 11.2 Å². The number of nitrogens with one attached hydrogen (secondary N) is 1. The van der Waals surface area contributed by atoms with Gasteiger partial charge in [-0.05, 0) is 65.3 Å². The van der Waals surface area contributed by atoms with Crippen LogP contribution in [0.25, 0.3) is 0 Å². The molecule has 0 aromatic carbocycles. The van der Waals surface area contributed by atoms with E-state index in [0.717, 1.165) is 11.4 Å². The zero-order chi connectivity index (χ0) is 11.8. The van der Waals surface area contributed by atoms with Gasteiger partial charge in [0.2, 0.25) is 0 Å². The molecule has 0 radical (unpaired) electrons. The first kappa shape index (κ1) is 12.2. The van der Waals surface area contributed by atoms with Crippen molar-refractivity contribution in [3.63, 3.8) is 0 Å². The second-order valence-corrected chi connectivity index (χ2v) is 4.80. The molecule has 0 atom stereocenters. The van der Waals surface area contributed by atoms with Crippen LogP contribution in [0.15, 0.2) is 0 Å². The fourth-order valence-electron chi connectivity index (χ4n) is 1.79. The minimum absolute atomic E-state index is 0.0622. The van der Waals surface area contributed by atoms with Gasteiger partial charge in [-0.25, -0.2) is 0 Å². The van der Waals surface area contributed by atoms with Gasteiger partial charge in [-0.3, -0.25) is 4.98 Å². The molecule has 0 amide bonds. The Morgan fingerprint density at radius 3 is 1.93 bits per heavy atom. The molecule has 0 bridgehead atoms. The minimum atomic E-state index is -0.0622. The lowest BCUT2D eigenvalue weighted by Gasteiger charge is -2.27. The lowest BCUT2D eigenvalue weighted by molar-refractivity contribution is 0.427. The molecule has 0 unspecified atom stereocenters. The average Bonchev–Trinajstić information content (AvgIpc) is 2.20. The van der Waals surface area contributed by atoms with Crippen LogP contribution >= 0.6 is 0 Å². The molecule has 84 valence electrons. The van der Waals surface area contributed by atoms with Crippen molar-refractivity contribution in [1.29, 1.82) is 0 Å². The van der Waals surface area contributed by atoms with Crippen LogP contribution in [0.1, 0.15) is 41.9 Å². The summed E-state index contributed by atoms with van der Waals surface area (Å²) in [5, 5.41) is 3.31. The van der Waals surface area contributed by atoms with Gasteiger partial charge in [0, 0.05) is 5.69 Å². The second kappa shape index (κ2) is 3.93. The molecule has 0 aliphatic rings. The molecule has 0 fully saturated rings. The van der Waals surface area contributed by atoms with Gasteiger partial charge < -0.3 is 5.32 Å². The molecule has 0 aliphatic heterocycles. The number of nitrogens with zero attached hydrogens (tertiary/aromatic N) is 1. The Balaban J connectivity index is 3.45. The summed E-state index contributed by atoms with van der Waals surface area (Å²) in [6.45, 7) is 12.9. The van der Waals surface area contributed by atoms with Crippen molar-refractivity contribution in [2.45, 2.75) is 47.1 Å². The van der Waals surface area contributed by atoms with Gasteiger partial charge in [0.15, 0.2) is 0 Å². The number of hydrogen-bond acceptors (Lipinski definition) is 2. The first-order valence-electron chi connectivity index (χ1n) is 5.45. The quantitative estimate of drug-likeness (QED) is 0.805. The molecule has 1 rings (SSSR count). The highest BCUT2D eigenvalue weighted by molar-refractivity contribution is 5.40. The number of aryl methyl sites for hydroxylation is 1. The van der Waals surface area contributed by atoms with Crippen molar-refractivity contribution in [3.05, 3.63) is 28.1 Å². The van der Waals surface area contributed by atoms with Crippen LogP contribution < -0.4 is 5.32 Å². The molecule has 15 heavy (non-hydrogen) atoms. The lowest BCUT2D eigenvalue weighted by Crippen LogP contribution is -2.35. The van der Waals surface area contributed by atoms with Gasteiger partial charge in [-0.1, -0.05) is 0 Å². The molecule has 0 saturated carbocycles. The van der Waals surface area contributed by atoms with Gasteiger partial charge in [0.1, 0.15) is 0 Å². The Morgan fingerprint density at radius 1 is 0.933 bits per heavy atom. The van der Waals surface area contributed by atoms with Crippen LogP contribution in [0.3, 0.4) is 0 Å². The Bertz CT molecular complexity index is 379. The molecule has 2 heteroatoms. The molecule has 1 aromatic rings. The minimum Gasteiger partial charge on any atom is -0.310 e. The summed E-state index contributed by atoms with van der Waals surface area (Å²) < 4.78 is 0. The van der Waals surface area contributed by atoms with Crippen molar-refractivity contribution in [1.82, 2.24) is 10.3 Å². The first-order chi connectivity index (χ1) is 6.81. The number of hydrogen-bond donors (Lipinski definition) is 1. The molecular formula is C13H22N2. The molecule has 0 spiro atoms. The zero-order valence-electron chi connectivity index (χ0n) is 10.9. The van der Waals surface area contributed by atoms with Crippen LogP contribution in [-0.4, -0.2) is 12.0 Å². The van der Waals surface area contributed by atoms with E-state index in [1.165, 1.54) is 16.7 Å². The predicted octanol–water partition coefficient (Wildman–Crippen LogP) is 2.77. The van der Waals surface area contributed by atoms with E-state index in [-0.39, 0.29) is 5.54 Å². The molecule has 0 saturated heterocycles. The van der Waals surface area contributed by atoms with E-state index in [2.05, 4.69) is 46.9 Å². The molecule has 1 N–H and O–H groups in total. The Morgan fingerprint density at radius 2 is 1.47 bits per heavy atom. The standard InChI is InChI=1S/C13H22N2/c1-8-9(2)11(4)15-12(10(8)3)13(5,6)14-7/h14H,1-7H3. The van der Waals surface area contributed by atoms with Crippen LogP contribution in [0.4, 0.5) is 0 Å². The average molecular weight is 206 g/mol. The summed E-state index contributed by atoms with van der Waals surface area (Å²) in [6, 6.07) is 0. The van der Waals surface area contributed by atoms with Gasteiger partial charge >= 0.3 is 0 Å². The smallest absolute Gasteiger partial charge is 0.0633 e. The van der Waals surface area contributed by atoms with E-state index in [9.17, 15) is 0 Å². The SMILES string of the molecule is CNC(C)(C)c1nc(C)c(C)c(C)c1C. The van der Waals surface area contributed by atoms with Crippen LogP contribution in [0.5, 0.6) is 0 Å².